The quantitative estimate of drug-likeness (QED) is 0.130. The van der Waals surface area contributed by atoms with Crippen LogP contribution in [0.4, 0.5) is 0 Å². The zero-order valence-corrected chi connectivity index (χ0v) is 9.66. The summed E-state index contributed by atoms with van der Waals surface area (Å²) in [5, 5.41) is 0. The zero-order valence-electron chi connectivity index (χ0n) is 7.03. The first kappa shape index (κ1) is 43.3. The summed E-state index contributed by atoms with van der Waals surface area (Å²) in [7, 11) is -13.9. The van der Waals surface area contributed by atoms with Crippen molar-refractivity contribution in [1.29, 1.82) is 0 Å². The summed E-state index contributed by atoms with van der Waals surface area (Å²) in [4.78, 5) is 29.3. The van der Waals surface area contributed by atoms with Gasteiger partial charge in [0.1, 0.15) is 0 Å². The van der Waals surface area contributed by atoms with Gasteiger partial charge in [-0.1, -0.05) is 0 Å². The van der Waals surface area contributed by atoms with Crippen LogP contribution in [0, 0.1) is 0 Å². The Balaban J connectivity index is -0.0000000206. The van der Waals surface area contributed by atoms with E-state index < -0.39 is 29.8 Å². The molecular formula is H16Ca3O13S2Si. The van der Waals surface area contributed by atoms with E-state index in [0.717, 1.165) is 0 Å². The Morgan fingerprint density at radius 3 is 0.579 bits per heavy atom. The maximum atomic E-state index is 8.74. The molecule has 0 aliphatic rings. The molecule has 0 spiro atoms. The summed E-state index contributed by atoms with van der Waals surface area (Å²) in [5.74, 6) is 0. The van der Waals surface area contributed by atoms with E-state index in [2.05, 4.69) is 0 Å². The molecule has 19 heteroatoms. The van der Waals surface area contributed by atoms with Gasteiger partial charge in [-0.25, -0.2) is 0 Å². The number of rotatable bonds is 0. The molecule has 19 heavy (non-hydrogen) atoms. The summed E-state index contributed by atoms with van der Waals surface area (Å²) in [6, 6.07) is 0. The van der Waals surface area contributed by atoms with Gasteiger partial charge in [-0.15, -0.1) is 0 Å². The van der Waals surface area contributed by atoms with E-state index in [-0.39, 0.29) is 119 Å². The molecule has 0 heterocycles. The molecule has 0 radical (unpaired) electrons. The molecule has 0 aromatic heterocycles. The molecule has 0 bridgehead atoms. The molecule has 0 aromatic rings. The molecule has 0 atom stereocenters. The van der Waals surface area contributed by atoms with Crippen LogP contribution in [-0.4, -0.2) is 182 Å². The van der Waals surface area contributed by atoms with E-state index in [4.69, 9.17) is 54.2 Å². The van der Waals surface area contributed by atoms with Crippen LogP contribution in [0.3, 0.4) is 0 Å². The van der Waals surface area contributed by atoms with Crippen LogP contribution < -0.4 is 0 Å². The molecule has 0 rings (SSSR count). The molecule has 116 valence electrons. The van der Waals surface area contributed by atoms with Crippen molar-refractivity contribution >= 4 is 143 Å². The Labute approximate surface area is 199 Å². The zero-order chi connectivity index (χ0) is 13.5. The van der Waals surface area contributed by atoms with E-state index in [9.17, 15) is 0 Å². The fraction of sp³-hybridized carbons (Fsp3) is 0. The molecular weight excluding hydrogens is 420 g/mol. The summed E-state index contributed by atoms with van der Waals surface area (Å²) < 4.78 is 63.2. The predicted molar refractivity (Wildman–Crippen MR) is 72.2 cm³/mol. The van der Waals surface area contributed by atoms with Crippen LogP contribution in [0.15, 0.2) is 0 Å². The van der Waals surface area contributed by atoms with Crippen molar-refractivity contribution in [3.8, 4) is 0 Å². The Hall–Kier alpha value is 3.54. The van der Waals surface area contributed by atoms with Crippen molar-refractivity contribution in [2.45, 2.75) is 0 Å². The average molecular weight is 437 g/mol. The first-order valence-corrected chi connectivity index (χ1v) is 6.87. The third kappa shape index (κ3) is 657. The molecule has 10 N–H and O–H groups in total. The van der Waals surface area contributed by atoms with Gasteiger partial charge >= 0.3 is 143 Å². The first-order valence-electron chi connectivity index (χ1n) is 2.29. The number of hydrogen-bond donors (Lipinski definition) is 8. The Kier molecular flexibility index (Phi) is 44.6. The van der Waals surface area contributed by atoms with E-state index in [1.54, 1.807) is 0 Å². The van der Waals surface area contributed by atoms with Crippen LogP contribution >= 0.6 is 0 Å². The minimum absolute atomic E-state index is 0. The Morgan fingerprint density at radius 1 is 0.579 bits per heavy atom. The Morgan fingerprint density at radius 2 is 0.579 bits per heavy atom. The minimum atomic E-state index is -4.67. The molecule has 13 nitrogen and oxygen atoms in total. The summed E-state index contributed by atoms with van der Waals surface area (Å²) in [6.45, 7) is 0. The van der Waals surface area contributed by atoms with Crippen LogP contribution in [0.2, 0.25) is 0 Å². The standard InChI is InChI=1S/3Ca.2H2O4S.H4O4Si.H2O.6H/c;;;3*1-5(2,3)4;;;;;;;/h;;;2*(H2,1,2,3,4);1-4H;1H2;;;;;;. The molecule has 0 fully saturated rings. The molecule has 0 saturated carbocycles. The maximum absolute atomic E-state index is 8.74. The SMILES string of the molecule is O.O=S(=O)(O)O.O=S(=O)(O)O.O[Si](O)(O)O.[CaH2].[CaH2].[CaH2]. The molecule has 0 aromatic carbocycles. The molecule has 0 saturated heterocycles. The van der Waals surface area contributed by atoms with Crippen molar-refractivity contribution in [3.05, 3.63) is 0 Å². The van der Waals surface area contributed by atoms with E-state index in [1.807, 2.05) is 0 Å². The normalized spacial score (nSPS) is 9.26. The van der Waals surface area contributed by atoms with Gasteiger partial charge in [0.2, 0.25) is 0 Å². The van der Waals surface area contributed by atoms with Gasteiger partial charge in [-0.3, -0.25) is 18.2 Å². The third-order valence-corrected chi connectivity index (χ3v) is 0. The second-order valence-corrected chi connectivity index (χ2v) is 4.49. The first-order chi connectivity index (χ1) is 6.00. The Bertz CT molecular complexity index is 285. The van der Waals surface area contributed by atoms with Crippen molar-refractivity contribution in [2.24, 2.45) is 0 Å². The van der Waals surface area contributed by atoms with Crippen LogP contribution in [0.25, 0.3) is 0 Å². The molecule has 0 unspecified atom stereocenters. The van der Waals surface area contributed by atoms with Gasteiger partial charge in [-0.2, -0.15) is 16.8 Å². The molecule has 0 aliphatic heterocycles. The fourth-order valence-electron chi connectivity index (χ4n) is 0. The van der Waals surface area contributed by atoms with Crippen LogP contribution in [0.1, 0.15) is 0 Å². The second kappa shape index (κ2) is 19.6. The van der Waals surface area contributed by atoms with Crippen LogP contribution in [-0.2, 0) is 20.8 Å². The van der Waals surface area contributed by atoms with Gasteiger partial charge < -0.3 is 24.7 Å². The van der Waals surface area contributed by atoms with Gasteiger partial charge in [0.05, 0.1) is 0 Å². The monoisotopic (exact) mass is 436 g/mol. The van der Waals surface area contributed by atoms with Crippen molar-refractivity contribution in [2.75, 3.05) is 0 Å². The molecule has 0 aliphatic carbocycles. The fourth-order valence-corrected chi connectivity index (χ4v) is 0. The second-order valence-electron chi connectivity index (χ2n) is 1.50. The van der Waals surface area contributed by atoms with E-state index in [1.165, 1.54) is 0 Å². The van der Waals surface area contributed by atoms with Crippen molar-refractivity contribution in [1.82, 2.24) is 0 Å². The molecule has 0 amide bonds. The van der Waals surface area contributed by atoms with Gasteiger partial charge in [0.25, 0.3) is 0 Å². The summed E-state index contributed by atoms with van der Waals surface area (Å²) in [6.07, 6.45) is 0. The number of hydrogen-bond acceptors (Lipinski definition) is 8. The van der Waals surface area contributed by atoms with Crippen molar-refractivity contribution in [3.63, 3.8) is 0 Å². The predicted octanol–water partition coefficient (Wildman–Crippen LogP) is -7.49. The van der Waals surface area contributed by atoms with Crippen molar-refractivity contribution < 1.29 is 59.7 Å². The average Bonchev–Trinajstić information content (AvgIpc) is 1.41. The van der Waals surface area contributed by atoms with Gasteiger partial charge in [-0.05, 0) is 0 Å². The topological polar surface area (TPSA) is 262 Å². The third-order valence-electron chi connectivity index (χ3n) is 0. The summed E-state index contributed by atoms with van der Waals surface area (Å²) in [5.41, 5.74) is 0. The van der Waals surface area contributed by atoms with Crippen LogP contribution in [0.5, 0.6) is 0 Å². The summed E-state index contributed by atoms with van der Waals surface area (Å²) >= 11 is 0. The van der Waals surface area contributed by atoms with Gasteiger partial charge in [0.15, 0.2) is 0 Å². The van der Waals surface area contributed by atoms with Gasteiger partial charge in [0, 0.05) is 0 Å². The van der Waals surface area contributed by atoms with E-state index >= 15 is 0 Å². The van der Waals surface area contributed by atoms with E-state index in [0.29, 0.717) is 0 Å².